The number of nitrogens with two attached hydrogens (primary N) is 1. The molecule has 0 radical (unpaired) electrons. The van der Waals surface area contributed by atoms with E-state index in [9.17, 15) is 18.0 Å². The summed E-state index contributed by atoms with van der Waals surface area (Å²) >= 11 is 0. The van der Waals surface area contributed by atoms with E-state index in [4.69, 9.17) is 10.2 Å². The van der Waals surface area contributed by atoms with E-state index in [1.807, 2.05) is 24.3 Å². The highest BCUT2D eigenvalue weighted by atomic mass is 19.2. The van der Waals surface area contributed by atoms with Crippen molar-refractivity contribution in [3.8, 4) is 22.7 Å². The summed E-state index contributed by atoms with van der Waals surface area (Å²) < 4.78 is 47.8. The average molecular weight is 497 g/mol. The highest BCUT2D eigenvalue weighted by molar-refractivity contribution is 5.77. The number of aryl methyl sites for hydroxylation is 1. The fourth-order valence-corrected chi connectivity index (χ4v) is 4.19. The molecule has 0 fully saturated rings. The van der Waals surface area contributed by atoms with Crippen molar-refractivity contribution in [3.05, 3.63) is 71.0 Å². The van der Waals surface area contributed by atoms with Gasteiger partial charge in [0.1, 0.15) is 11.5 Å². The van der Waals surface area contributed by atoms with Crippen LogP contribution < -0.4 is 5.73 Å². The Bertz CT molecular complexity index is 1420. The van der Waals surface area contributed by atoms with Gasteiger partial charge in [-0.2, -0.15) is 0 Å². The Labute approximate surface area is 203 Å². The molecule has 5 rings (SSSR count). The molecule has 0 unspecified atom stereocenters. The van der Waals surface area contributed by atoms with E-state index < -0.39 is 23.5 Å². The molecule has 1 amide bonds. The molecule has 12 heteroatoms. The molecular weight excluding hydrogens is 475 g/mol. The molecule has 9 nitrogen and oxygen atoms in total. The van der Waals surface area contributed by atoms with Gasteiger partial charge < -0.3 is 15.1 Å². The Morgan fingerprint density at radius 3 is 2.47 bits per heavy atom. The van der Waals surface area contributed by atoms with E-state index in [1.165, 1.54) is 0 Å². The van der Waals surface area contributed by atoms with Crippen LogP contribution in [0.15, 0.2) is 40.8 Å². The Balaban J connectivity index is 1.27. The molecule has 0 saturated carbocycles. The van der Waals surface area contributed by atoms with Crippen LogP contribution in [0, 0.1) is 24.4 Å². The van der Waals surface area contributed by atoms with Gasteiger partial charge in [0, 0.05) is 43.1 Å². The van der Waals surface area contributed by atoms with Gasteiger partial charge in [-0.3, -0.25) is 4.79 Å². The zero-order chi connectivity index (χ0) is 25.4. The second-order valence-corrected chi connectivity index (χ2v) is 8.65. The van der Waals surface area contributed by atoms with Crippen molar-refractivity contribution in [3.63, 3.8) is 0 Å². The lowest BCUT2D eigenvalue weighted by atomic mass is 10.0. The number of nitrogens with zero attached hydrogens (tertiary/aromatic N) is 6. The molecule has 186 valence electrons. The van der Waals surface area contributed by atoms with Crippen molar-refractivity contribution in [2.24, 2.45) is 5.73 Å². The molecule has 0 saturated heterocycles. The van der Waals surface area contributed by atoms with Gasteiger partial charge in [-0.15, -0.1) is 15.3 Å². The molecular formula is C24H22F3N7O2. The van der Waals surface area contributed by atoms with Crippen LogP contribution in [0.5, 0.6) is 0 Å². The van der Waals surface area contributed by atoms with Gasteiger partial charge in [-0.05, 0) is 30.2 Å². The Morgan fingerprint density at radius 1 is 1.03 bits per heavy atom. The maximum Gasteiger partial charge on any atom is 0.247 e. The summed E-state index contributed by atoms with van der Waals surface area (Å²) in [6.07, 6.45) is -0.174. The molecule has 1 atom stereocenters. The van der Waals surface area contributed by atoms with Gasteiger partial charge in [-0.25, -0.2) is 17.9 Å². The Kier molecular flexibility index (Phi) is 6.27. The third-order valence-electron chi connectivity index (χ3n) is 6.05. The maximum absolute atomic E-state index is 14.0. The first kappa shape index (κ1) is 23.7. The second-order valence-electron chi connectivity index (χ2n) is 8.65. The largest absolute Gasteiger partial charge is 0.421 e. The van der Waals surface area contributed by atoms with Gasteiger partial charge in [-0.1, -0.05) is 17.3 Å². The summed E-state index contributed by atoms with van der Waals surface area (Å²) in [5.41, 5.74) is 8.98. The highest BCUT2D eigenvalue weighted by Gasteiger charge is 2.27. The quantitative estimate of drug-likeness (QED) is 0.407. The number of fused-ring (bicyclic) bond motifs is 1. The molecule has 2 aromatic carbocycles. The molecule has 0 bridgehead atoms. The molecule has 4 aromatic rings. The predicted octanol–water partition coefficient (Wildman–Crippen LogP) is 3.02. The number of benzene rings is 2. The van der Waals surface area contributed by atoms with Gasteiger partial charge >= 0.3 is 0 Å². The number of carbonyl (C=O) groups excluding carboxylic acids is 1. The fourth-order valence-electron chi connectivity index (χ4n) is 4.19. The van der Waals surface area contributed by atoms with E-state index in [0.29, 0.717) is 36.6 Å². The van der Waals surface area contributed by atoms with Crippen LogP contribution in [-0.2, 0) is 24.3 Å². The monoisotopic (exact) mass is 497 g/mol. The number of rotatable bonds is 6. The zero-order valence-corrected chi connectivity index (χ0v) is 19.3. The summed E-state index contributed by atoms with van der Waals surface area (Å²) in [7, 11) is 0. The standard InChI is InChI=1S/C24H22F3N7O2/c1-13-29-31-24(36-13)15-4-2-14(3-5-15)23-21-12-33(6-7-34(21)32-30-23)22(35)10-17(28)8-16-9-19(26)20(27)11-18(16)25/h2-5,9,11,17H,6-8,10,12,28H2,1H3/t17-/m1/s1. The molecule has 2 aromatic heterocycles. The number of amides is 1. The number of hydrogen-bond donors (Lipinski definition) is 1. The minimum absolute atomic E-state index is 0.0726. The first-order chi connectivity index (χ1) is 17.3. The van der Waals surface area contributed by atoms with Crippen molar-refractivity contribution in [1.82, 2.24) is 30.1 Å². The van der Waals surface area contributed by atoms with E-state index in [-0.39, 0.29) is 30.9 Å². The molecule has 36 heavy (non-hydrogen) atoms. The summed E-state index contributed by atoms with van der Waals surface area (Å²) in [4.78, 5) is 14.6. The van der Waals surface area contributed by atoms with Crippen LogP contribution in [0.25, 0.3) is 22.7 Å². The van der Waals surface area contributed by atoms with Crippen molar-refractivity contribution in [2.45, 2.75) is 38.9 Å². The zero-order valence-electron chi connectivity index (χ0n) is 19.3. The van der Waals surface area contributed by atoms with E-state index in [2.05, 4.69) is 20.5 Å². The average Bonchev–Trinajstić information content (AvgIpc) is 3.48. The molecule has 2 N–H and O–H groups in total. The fraction of sp³-hybridized carbons (Fsp3) is 0.292. The van der Waals surface area contributed by atoms with Crippen LogP contribution in [0.1, 0.15) is 23.6 Å². The molecule has 3 heterocycles. The smallest absolute Gasteiger partial charge is 0.247 e. The number of halogens is 3. The first-order valence-corrected chi connectivity index (χ1v) is 11.3. The molecule has 1 aliphatic heterocycles. The van der Waals surface area contributed by atoms with Crippen LogP contribution in [0.4, 0.5) is 13.2 Å². The SMILES string of the molecule is Cc1nnc(-c2ccc(-c3nnn4c3CN(C(=O)C[C@H](N)Cc3cc(F)c(F)cc3F)CC4)cc2)o1. The van der Waals surface area contributed by atoms with E-state index in [1.54, 1.807) is 16.5 Å². The van der Waals surface area contributed by atoms with Gasteiger partial charge in [0.25, 0.3) is 0 Å². The topological polar surface area (TPSA) is 116 Å². The maximum atomic E-state index is 14.0. The minimum atomic E-state index is -1.27. The third kappa shape index (κ3) is 4.71. The summed E-state index contributed by atoms with van der Waals surface area (Å²) in [6.45, 7) is 2.86. The summed E-state index contributed by atoms with van der Waals surface area (Å²) in [5, 5.41) is 16.4. The van der Waals surface area contributed by atoms with Gasteiger partial charge in [0.15, 0.2) is 11.6 Å². The predicted molar refractivity (Wildman–Crippen MR) is 122 cm³/mol. The normalized spacial score (nSPS) is 14.1. The second kappa shape index (κ2) is 9.53. The van der Waals surface area contributed by atoms with Crippen molar-refractivity contribution >= 4 is 5.91 Å². The van der Waals surface area contributed by atoms with E-state index >= 15 is 0 Å². The van der Waals surface area contributed by atoms with Crippen LogP contribution in [-0.4, -0.2) is 48.6 Å². The number of aromatic nitrogens is 5. The van der Waals surface area contributed by atoms with Gasteiger partial charge in [0.2, 0.25) is 17.7 Å². The molecule has 0 aliphatic carbocycles. The minimum Gasteiger partial charge on any atom is -0.421 e. The van der Waals surface area contributed by atoms with Crippen LogP contribution in [0.3, 0.4) is 0 Å². The first-order valence-electron chi connectivity index (χ1n) is 11.3. The Morgan fingerprint density at radius 2 is 1.75 bits per heavy atom. The Hall–Kier alpha value is -4.06. The van der Waals surface area contributed by atoms with Crippen LogP contribution >= 0.6 is 0 Å². The summed E-state index contributed by atoms with van der Waals surface area (Å²) in [5.74, 6) is -2.66. The van der Waals surface area contributed by atoms with Crippen molar-refractivity contribution in [1.29, 1.82) is 0 Å². The lowest BCUT2D eigenvalue weighted by Crippen LogP contribution is -2.41. The van der Waals surface area contributed by atoms with Crippen molar-refractivity contribution in [2.75, 3.05) is 6.54 Å². The van der Waals surface area contributed by atoms with Gasteiger partial charge in [0.05, 0.1) is 18.8 Å². The van der Waals surface area contributed by atoms with E-state index in [0.717, 1.165) is 22.9 Å². The summed E-state index contributed by atoms with van der Waals surface area (Å²) in [6, 6.07) is 7.92. The third-order valence-corrected chi connectivity index (χ3v) is 6.05. The molecule has 1 aliphatic rings. The number of carbonyl (C=O) groups is 1. The number of hydrogen-bond acceptors (Lipinski definition) is 7. The molecule has 0 spiro atoms. The highest BCUT2D eigenvalue weighted by Crippen LogP contribution is 2.28. The van der Waals surface area contributed by atoms with Crippen molar-refractivity contribution < 1.29 is 22.4 Å². The van der Waals surface area contributed by atoms with Crippen LogP contribution in [0.2, 0.25) is 0 Å². The lowest BCUT2D eigenvalue weighted by Gasteiger charge is -2.28. The lowest BCUT2D eigenvalue weighted by molar-refractivity contribution is -0.133.